The molecular formula is C13H13F2N5S. The van der Waals surface area contributed by atoms with Gasteiger partial charge in [-0.05, 0) is 24.8 Å². The predicted molar refractivity (Wildman–Crippen MR) is 78.4 cm³/mol. The Hall–Kier alpha value is -2.09. The Morgan fingerprint density at radius 1 is 1.33 bits per heavy atom. The van der Waals surface area contributed by atoms with Crippen molar-refractivity contribution in [3.05, 3.63) is 29.0 Å². The molecule has 5 nitrogen and oxygen atoms in total. The monoisotopic (exact) mass is 309 g/mol. The zero-order chi connectivity index (χ0) is 15.0. The van der Waals surface area contributed by atoms with Gasteiger partial charge in [-0.15, -0.1) is 11.3 Å². The van der Waals surface area contributed by atoms with Gasteiger partial charge in [0.15, 0.2) is 5.82 Å². The predicted octanol–water partition coefficient (Wildman–Crippen LogP) is 3.51. The van der Waals surface area contributed by atoms with Gasteiger partial charge in [-0.1, -0.05) is 0 Å². The largest absolute Gasteiger partial charge is 0.323 e. The molecule has 3 rings (SSSR count). The summed E-state index contributed by atoms with van der Waals surface area (Å²) >= 11 is 1.55. The quantitative estimate of drug-likeness (QED) is 0.801. The molecule has 0 aromatic carbocycles. The molecule has 110 valence electrons. The number of hydrogen-bond donors (Lipinski definition) is 1. The summed E-state index contributed by atoms with van der Waals surface area (Å²) in [5, 5.41) is 10.1. The normalized spacial score (nSPS) is 11.5. The first kappa shape index (κ1) is 13.9. The molecule has 0 aliphatic heterocycles. The van der Waals surface area contributed by atoms with E-state index in [0.717, 1.165) is 15.8 Å². The van der Waals surface area contributed by atoms with Crippen molar-refractivity contribution >= 4 is 33.2 Å². The van der Waals surface area contributed by atoms with E-state index in [1.807, 2.05) is 19.2 Å². The molecule has 0 bridgehead atoms. The van der Waals surface area contributed by atoms with Crippen molar-refractivity contribution < 1.29 is 8.78 Å². The SMILES string of the molecule is Cc1nc(Nc2ccn(CC(F)F)n2)c2c(C)csc2n1. The average molecular weight is 309 g/mol. The molecule has 0 radical (unpaired) electrons. The second kappa shape index (κ2) is 5.36. The molecule has 1 N–H and O–H groups in total. The number of aromatic nitrogens is 4. The van der Waals surface area contributed by atoms with Crippen LogP contribution in [0.15, 0.2) is 17.6 Å². The van der Waals surface area contributed by atoms with E-state index in [1.54, 1.807) is 17.4 Å². The third-order valence-corrected chi connectivity index (χ3v) is 3.93. The zero-order valence-electron chi connectivity index (χ0n) is 11.5. The van der Waals surface area contributed by atoms with Gasteiger partial charge in [0.2, 0.25) is 0 Å². The molecule has 8 heteroatoms. The van der Waals surface area contributed by atoms with Gasteiger partial charge in [-0.25, -0.2) is 18.7 Å². The lowest BCUT2D eigenvalue weighted by atomic mass is 10.2. The summed E-state index contributed by atoms with van der Waals surface area (Å²) in [6.45, 7) is 3.38. The zero-order valence-corrected chi connectivity index (χ0v) is 12.3. The molecule has 3 heterocycles. The van der Waals surface area contributed by atoms with Gasteiger partial charge >= 0.3 is 0 Å². The number of aryl methyl sites for hydroxylation is 2. The molecule has 0 aliphatic carbocycles. The number of fused-ring (bicyclic) bond motifs is 1. The first-order valence-electron chi connectivity index (χ1n) is 6.34. The van der Waals surface area contributed by atoms with Crippen molar-refractivity contribution in [2.45, 2.75) is 26.8 Å². The smallest absolute Gasteiger partial charge is 0.257 e. The molecule has 3 aromatic rings. The van der Waals surface area contributed by atoms with Gasteiger partial charge < -0.3 is 5.32 Å². The summed E-state index contributed by atoms with van der Waals surface area (Å²) in [5.41, 5.74) is 1.07. The Morgan fingerprint density at radius 3 is 2.90 bits per heavy atom. The summed E-state index contributed by atoms with van der Waals surface area (Å²) < 4.78 is 25.9. The van der Waals surface area contributed by atoms with E-state index in [4.69, 9.17) is 0 Å². The Kier molecular flexibility index (Phi) is 3.54. The van der Waals surface area contributed by atoms with E-state index < -0.39 is 13.0 Å². The van der Waals surface area contributed by atoms with E-state index >= 15 is 0 Å². The first-order chi connectivity index (χ1) is 10.0. The lowest BCUT2D eigenvalue weighted by Crippen LogP contribution is -2.07. The minimum absolute atomic E-state index is 0.419. The fourth-order valence-electron chi connectivity index (χ4n) is 2.07. The fourth-order valence-corrected chi connectivity index (χ4v) is 3.04. The molecule has 3 aromatic heterocycles. The molecule has 21 heavy (non-hydrogen) atoms. The van der Waals surface area contributed by atoms with Gasteiger partial charge in [-0.3, -0.25) is 4.68 Å². The topological polar surface area (TPSA) is 55.6 Å². The van der Waals surface area contributed by atoms with Crippen molar-refractivity contribution in [3.8, 4) is 0 Å². The highest BCUT2D eigenvalue weighted by Gasteiger charge is 2.12. The molecule has 0 saturated heterocycles. The summed E-state index contributed by atoms with van der Waals surface area (Å²) in [4.78, 5) is 9.67. The Labute approximate surface area is 123 Å². The van der Waals surface area contributed by atoms with Gasteiger partial charge in [0.05, 0.1) is 5.39 Å². The van der Waals surface area contributed by atoms with Crippen molar-refractivity contribution in [1.82, 2.24) is 19.7 Å². The first-order valence-corrected chi connectivity index (χ1v) is 7.22. The average Bonchev–Trinajstić information content (AvgIpc) is 2.96. The maximum absolute atomic E-state index is 12.3. The van der Waals surface area contributed by atoms with E-state index in [2.05, 4.69) is 20.4 Å². The lowest BCUT2D eigenvalue weighted by Gasteiger charge is -2.06. The second-order valence-corrected chi connectivity index (χ2v) is 5.52. The Morgan fingerprint density at radius 2 is 2.14 bits per heavy atom. The lowest BCUT2D eigenvalue weighted by molar-refractivity contribution is 0.122. The van der Waals surface area contributed by atoms with Crippen molar-refractivity contribution in [2.75, 3.05) is 5.32 Å². The number of halogens is 2. The highest BCUT2D eigenvalue weighted by molar-refractivity contribution is 7.17. The highest BCUT2D eigenvalue weighted by atomic mass is 32.1. The second-order valence-electron chi connectivity index (χ2n) is 4.66. The van der Waals surface area contributed by atoms with Crippen LogP contribution in [0.1, 0.15) is 11.4 Å². The molecule has 0 spiro atoms. The van der Waals surface area contributed by atoms with Crippen LogP contribution < -0.4 is 5.32 Å². The number of thiophene rings is 1. The van der Waals surface area contributed by atoms with Crippen LogP contribution in [-0.4, -0.2) is 26.2 Å². The molecule has 0 atom stereocenters. The molecular weight excluding hydrogens is 296 g/mol. The molecule has 0 saturated carbocycles. The molecule has 0 unspecified atom stereocenters. The number of anilines is 2. The van der Waals surface area contributed by atoms with E-state index in [9.17, 15) is 8.78 Å². The van der Waals surface area contributed by atoms with Crippen LogP contribution in [0.2, 0.25) is 0 Å². The van der Waals surface area contributed by atoms with Gasteiger partial charge in [0, 0.05) is 12.3 Å². The highest BCUT2D eigenvalue weighted by Crippen LogP contribution is 2.30. The standard InChI is InChI=1S/C13H13F2N5S/c1-7-6-21-13-11(7)12(16-8(2)17-13)18-10-3-4-20(19-10)5-9(14)15/h3-4,6,9H,5H2,1-2H3,(H,16,17,18,19). The van der Waals surface area contributed by atoms with Crippen molar-refractivity contribution in [3.63, 3.8) is 0 Å². The summed E-state index contributed by atoms with van der Waals surface area (Å²) in [6.07, 6.45) is -0.912. The van der Waals surface area contributed by atoms with E-state index in [0.29, 0.717) is 17.5 Å². The number of nitrogens with zero attached hydrogens (tertiary/aromatic N) is 4. The maximum atomic E-state index is 12.3. The summed E-state index contributed by atoms with van der Waals surface area (Å²) in [6, 6.07) is 1.65. The van der Waals surface area contributed by atoms with Crippen LogP contribution in [0.25, 0.3) is 10.2 Å². The maximum Gasteiger partial charge on any atom is 0.257 e. The number of alkyl halides is 2. The van der Waals surface area contributed by atoms with Crippen molar-refractivity contribution in [1.29, 1.82) is 0 Å². The van der Waals surface area contributed by atoms with Crippen molar-refractivity contribution in [2.24, 2.45) is 0 Å². The molecule has 0 amide bonds. The molecule has 0 aliphatic rings. The van der Waals surface area contributed by atoms with Crippen LogP contribution in [0.3, 0.4) is 0 Å². The fraction of sp³-hybridized carbons (Fsp3) is 0.308. The van der Waals surface area contributed by atoms with Gasteiger partial charge in [-0.2, -0.15) is 5.10 Å². The Bertz CT molecular complexity index is 780. The van der Waals surface area contributed by atoms with E-state index in [-0.39, 0.29) is 0 Å². The number of rotatable bonds is 4. The minimum Gasteiger partial charge on any atom is -0.323 e. The Balaban J connectivity index is 1.94. The minimum atomic E-state index is -2.43. The third kappa shape index (κ3) is 2.85. The van der Waals surface area contributed by atoms with E-state index in [1.165, 1.54) is 10.9 Å². The van der Waals surface area contributed by atoms with Crippen LogP contribution >= 0.6 is 11.3 Å². The van der Waals surface area contributed by atoms with Gasteiger partial charge in [0.1, 0.15) is 23.0 Å². The molecule has 0 fully saturated rings. The number of nitrogens with one attached hydrogen (secondary N) is 1. The van der Waals surface area contributed by atoms with Crippen LogP contribution in [-0.2, 0) is 6.54 Å². The third-order valence-electron chi connectivity index (χ3n) is 2.94. The summed E-state index contributed by atoms with van der Waals surface area (Å²) in [7, 11) is 0. The summed E-state index contributed by atoms with van der Waals surface area (Å²) in [5.74, 6) is 1.79. The van der Waals surface area contributed by atoms with Crippen LogP contribution in [0, 0.1) is 13.8 Å². The van der Waals surface area contributed by atoms with Crippen LogP contribution in [0.5, 0.6) is 0 Å². The number of hydrogen-bond acceptors (Lipinski definition) is 5. The van der Waals surface area contributed by atoms with Gasteiger partial charge in [0.25, 0.3) is 6.43 Å². The van der Waals surface area contributed by atoms with Crippen LogP contribution in [0.4, 0.5) is 20.4 Å².